The fourth-order valence-corrected chi connectivity index (χ4v) is 1.94. The Balaban J connectivity index is 2.37. The van der Waals surface area contributed by atoms with Crippen LogP contribution < -0.4 is 10.2 Å². The summed E-state index contributed by atoms with van der Waals surface area (Å²) in [5.41, 5.74) is 4.81. The van der Waals surface area contributed by atoms with Gasteiger partial charge in [0.15, 0.2) is 0 Å². The molecule has 0 amide bonds. The molecule has 0 aliphatic carbocycles. The van der Waals surface area contributed by atoms with Gasteiger partial charge in [-0.15, -0.1) is 0 Å². The van der Waals surface area contributed by atoms with Crippen molar-refractivity contribution in [2.75, 3.05) is 5.43 Å². The van der Waals surface area contributed by atoms with Gasteiger partial charge < -0.3 is 0 Å². The third kappa shape index (κ3) is 2.65. The first kappa shape index (κ1) is 12.5. The summed E-state index contributed by atoms with van der Waals surface area (Å²) in [7, 11) is 0. The quantitative estimate of drug-likeness (QED) is 0.656. The van der Waals surface area contributed by atoms with E-state index in [4.69, 9.17) is 5.41 Å². The third-order valence-electron chi connectivity index (χ3n) is 2.51. The van der Waals surface area contributed by atoms with Gasteiger partial charge in [-0.25, -0.2) is 5.43 Å². The summed E-state index contributed by atoms with van der Waals surface area (Å²) in [6, 6.07) is 9.69. The van der Waals surface area contributed by atoms with E-state index < -0.39 is 0 Å². The topological polar surface area (TPSA) is 66.1 Å². The molecule has 2 N–H and O–H groups in total. The van der Waals surface area contributed by atoms with Crippen LogP contribution in [0.3, 0.4) is 0 Å². The van der Waals surface area contributed by atoms with Crippen LogP contribution >= 0.6 is 11.5 Å². The lowest BCUT2D eigenvalue weighted by atomic mass is 10.3. The van der Waals surface area contributed by atoms with Gasteiger partial charge in [0.1, 0.15) is 0 Å². The zero-order chi connectivity index (χ0) is 13.0. The number of nitrogens with one attached hydrogen (secondary N) is 2. The highest BCUT2D eigenvalue weighted by atomic mass is 32.1. The molecule has 2 aromatic rings. The number of rotatable bonds is 4. The average Bonchev–Trinajstić information content (AvgIpc) is 2.78. The van der Waals surface area contributed by atoms with E-state index in [-0.39, 0.29) is 0 Å². The molecule has 2 rings (SSSR count). The second-order valence-corrected chi connectivity index (χ2v) is 4.55. The van der Waals surface area contributed by atoms with Crippen LogP contribution in [-0.4, -0.2) is 14.7 Å². The zero-order valence-corrected chi connectivity index (χ0v) is 11.2. The molecule has 0 aliphatic heterocycles. The summed E-state index contributed by atoms with van der Waals surface area (Å²) < 4.78 is 5.93. The lowest BCUT2D eigenvalue weighted by Gasteiger charge is -2.06. The van der Waals surface area contributed by atoms with Crippen molar-refractivity contribution in [1.29, 1.82) is 5.41 Å². The van der Waals surface area contributed by atoms with Gasteiger partial charge in [0.25, 0.3) is 0 Å². The average molecular weight is 261 g/mol. The van der Waals surface area contributed by atoms with Gasteiger partial charge in [0.2, 0.25) is 10.7 Å². The van der Waals surface area contributed by atoms with E-state index >= 15 is 0 Å². The highest BCUT2D eigenvalue weighted by molar-refractivity contribution is 7.03. The molecule has 0 bridgehead atoms. The Morgan fingerprint density at radius 2 is 2.17 bits per heavy atom. The Hall–Kier alpha value is -1.95. The second kappa shape index (κ2) is 5.59. The molecule has 6 heteroatoms. The summed E-state index contributed by atoms with van der Waals surface area (Å²) in [5.74, 6) is 0.573. The minimum absolute atomic E-state index is 0.369. The first-order chi connectivity index (χ1) is 8.72. The maximum atomic E-state index is 7.89. The molecule has 0 saturated heterocycles. The lowest BCUT2D eigenvalue weighted by Crippen LogP contribution is -2.13. The van der Waals surface area contributed by atoms with Crippen molar-refractivity contribution in [1.82, 2.24) is 8.94 Å². The van der Waals surface area contributed by atoms with Crippen molar-refractivity contribution in [3.8, 4) is 5.69 Å². The first-order valence-corrected chi connectivity index (χ1v) is 6.47. The van der Waals surface area contributed by atoms with Crippen LogP contribution in [0.2, 0.25) is 0 Å². The van der Waals surface area contributed by atoms with Crippen molar-refractivity contribution >= 4 is 23.2 Å². The fraction of sp³-hybridized carbons (Fsp3) is 0.250. The predicted molar refractivity (Wildman–Crippen MR) is 74.3 cm³/mol. The minimum Gasteiger partial charge on any atom is -0.273 e. The van der Waals surface area contributed by atoms with E-state index in [0.29, 0.717) is 10.7 Å². The van der Waals surface area contributed by atoms with Gasteiger partial charge in [-0.05, 0) is 25.5 Å². The SMILES string of the molecule is CCC(C)=NNc1nsc(=N)n1-c1ccccc1. The van der Waals surface area contributed by atoms with Crippen LogP contribution in [0, 0.1) is 5.41 Å². The molecule has 1 aromatic heterocycles. The molecule has 94 valence electrons. The van der Waals surface area contributed by atoms with Gasteiger partial charge in [0, 0.05) is 17.2 Å². The Morgan fingerprint density at radius 1 is 1.44 bits per heavy atom. The summed E-state index contributed by atoms with van der Waals surface area (Å²) in [4.78, 5) is 0.369. The Labute approximate surface area is 109 Å². The molecular formula is C12H15N5S. The smallest absolute Gasteiger partial charge is 0.241 e. The van der Waals surface area contributed by atoms with E-state index in [2.05, 4.69) is 14.9 Å². The molecule has 1 aromatic carbocycles. The number of benzene rings is 1. The maximum absolute atomic E-state index is 7.89. The standard InChI is InChI=1S/C12H15N5S/c1-3-9(2)14-15-12-16-18-11(13)17(12)10-7-5-4-6-8-10/h4-8,13H,3H2,1-2H3,(H,15,16). The first-order valence-electron chi connectivity index (χ1n) is 5.70. The number of aromatic nitrogens is 2. The van der Waals surface area contributed by atoms with Gasteiger partial charge in [-0.2, -0.15) is 9.47 Å². The highest BCUT2D eigenvalue weighted by Gasteiger charge is 2.07. The molecule has 0 radical (unpaired) electrons. The summed E-state index contributed by atoms with van der Waals surface area (Å²) in [6.07, 6.45) is 0.885. The molecule has 0 saturated carbocycles. The Kier molecular flexibility index (Phi) is 3.88. The molecule has 5 nitrogen and oxygen atoms in total. The number of nitrogens with zero attached hydrogens (tertiary/aromatic N) is 3. The normalized spacial score (nSPS) is 11.6. The third-order valence-corrected chi connectivity index (χ3v) is 3.13. The highest BCUT2D eigenvalue weighted by Crippen LogP contribution is 2.12. The van der Waals surface area contributed by atoms with Crippen LogP contribution in [0.1, 0.15) is 20.3 Å². The Bertz CT molecular complexity index is 596. The van der Waals surface area contributed by atoms with Gasteiger partial charge >= 0.3 is 0 Å². The van der Waals surface area contributed by atoms with Crippen LogP contribution in [0.4, 0.5) is 5.95 Å². The zero-order valence-electron chi connectivity index (χ0n) is 10.3. The predicted octanol–water partition coefficient (Wildman–Crippen LogP) is 2.61. The van der Waals surface area contributed by atoms with Crippen molar-refractivity contribution in [3.05, 3.63) is 35.1 Å². The second-order valence-electron chi connectivity index (χ2n) is 3.79. The maximum Gasteiger partial charge on any atom is 0.241 e. The van der Waals surface area contributed by atoms with E-state index in [1.165, 1.54) is 0 Å². The minimum atomic E-state index is 0.369. The molecule has 0 spiro atoms. The van der Waals surface area contributed by atoms with E-state index in [0.717, 1.165) is 29.4 Å². The van der Waals surface area contributed by atoms with Crippen LogP contribution in [0.15, 0.2) is 35.4 Å². The number of hydrogen-bond acceptors (Lipinski definition) is 5. The van der Waals surface area contributed by atoms with Crippen molar-refractivity contribution < 1.29 is 0 Å². The van der Waals surface area contributed by atoms with Gasteiger partial charge in [-0.3, -0.25) is 9.98 Å². The van der Waals surface area contributed by atoms with Crippen LogP contribution in [-0.2, 0) is 0 Å². The van der Waals surface area contributed by atoms with Gasteiger partial charge in [0.05, 0.1) is 5.69 Å². The lowest BCUT2D eigenvalue weighted by molar-refractivity contribution is 0.956. The van der Waals surface area contributed by atoms with E-state index in [1.807, 2.05) is 44.2 Å². The number of hydrogen-bond donors (Lipinski definition) is 2. The van der Waals surface area contributed by atoms with Crippen molar-refractivity contribution in [3.63, 3.8) is 0 Å². The number of hydrazone groups is 1. The fourth-order valence-electron chi connectivity index (χ4n) is 1.38. The number of anilines is 1. The summed E-state index contributed by atoms with van der Waals surface area (Å²) >= 11 is 1.13. The molecule has 0 atom stereocenters. The Morgan fingerprint density at radius 3 is 2.83 bits per heavy atom. The molecule has 1 heterocycles. The van der Waals surface area contributed by atoms with Crippen LogP contribution in [0.5, 0.6) is 0 Å². The summed E-state index contributed by atoms with van der Waals surface area (Å²) in [6.45, 7) is 4.00. The van der Waals surface area contributed by atoms with E-state index in [1.54, 1.807) is 4.57 Å². The van der Waals surface area contributed by atoms with Gasteiger partial charge in [-0.1, -0.05) is 25.1 Å². The largest absolute Gasteiger partial charge is 0.273 e. The van der Waals surface area contributed by atoms with Crippen LogP contribution in [0.25, 0.3) is 5.69 Å². The molecule has 18 heavy (non-hydrogen) atoms. The number of para-hydroxylation sites is 1. The molecule has 0 unspecified atom stereocenters. The van der Waals surface area contributed by atoms with Crippen molar-refractivity contribution in [2.24, 2.45) is 5.10 Å². The van der Waals surface area contributed by atoms with E-state index in [9.17, 15) is 0 Å². The monoisotopic (exact) mass is 261 g/mol. The summed E-state index contributed by atoms with van der Waals surface area (Å²) in [5, 5.41) is 12.1. The molecule has 0 aliphatic rings. The molecular weight excluding hydrogens is 246 g/mol. The van der Waals surface area contributed by atoms with Crippen molar-refractivity contribution in [2.45, 2.75) is 20.3 Å². The molecule has 0 fully saturated rings.